The normalized spacial score (nSPS) is 14.6. The zero-order valence-electron chi connectivity index (χ0n) is 19.4. The molecule has 11 heteroatoms. The van der Waals surface area contributed by atoms with Gasteiger partial charge in [0.25, 0.3) is 0 Å². The third-order valence-electron chi connectivity index (χ3n) is 4.88. The van der Waals surface area contributed by atoms with Crippen LogP contribution in [-0.2, 0) is 22.3 Å². The third-order valence-corrected chi connectivity index (χ3v) is 5.19. The molecule has 1 aliphatic heterocycles. The molecule has 35 heavy (non-hydrogen) atoms. The standard InChI is InChI=1S/C24H25F3N4O3S/c1-23(2,3)34-22(33)31-13-18(29-11-15-9-10-28-12-17(15)24(25,26)27)20(19(32)14-31)21(35)30-16-7-5-4-6-8-16/h4-10,12,29H,11,13-14H2,1-3H3,(H,30,35). The summed E-state index contributed by atoms with van der Waals surface area (Å²) in [6.07, 6.45) is -3.32. The van der Waals surface area contributed by atoms with Crippen molar-refractivity contribution < 1.29 is 27.5 Å². The van der Waals surface area contributed by atoms with Crippen molar-refractivity contribution in [2.75, 3.05) is 18.4 Å². The summed E-state index contributed by atoms with van der Waals surface area (Å²) in [5.74, 6) is -0.469. The number of hydrogen-bond acceptors (Lipinski definition) is 6. The van der Waals surface area contributed by atoms with Gasteiger partial charge in [-0.05, 0) is 44.5 Å². The lowest BCUT2D eigenvalue weighted by Crippen LogP contribution is -2.48. The fraction of sp³-hybridized carbons (Fsp3) is 0.333. The Balaban J connectivity index is 1.92. The van der Waals surface area contributed by atoms with Crippen LogP contribution >= 0.6 is 12.2 Å². The zero-order chi connectivity index (χ0) is 25.8. The van der Waals surface area contributed by atoms with E-state index in [1.807, 2.05) is 6.07 Å². The molecule has 2 aromatic rings. The number of ketones is 1. The summed E-state index contributed by atoms with van der Waals surface area (Å²) in [7, 11) is 0. The van der Waals surface area contributed by atoms with Crippen LogP contribution in [0.1, 0.15) is 31.9 Å². The highest BCUT2D eigenvalue weighted by Gasteiger charge is 2.35. The molecule has 2 N–H and O–H groups in total. The molecule has 0 aliphatic carbocycles. The number of nitrogens with one attached hydrogen (secondary N) is 2. The van der Waals surface area contributed by atoms with Gasteiger partial charge in [-0.1, -0.05) is 30.4 Å². The minimum absolute atomic E-state index is 0.0665. The summed E-state index contributed by atoms with van der Waals surface area (Å²) < 4.78 is 45.6. The monoisotopic (exact) mass is 506 g/mol. The molecule has 0 saturated carbocycles. The van der Waals surface area contributed by atoms with Crippen molar-refractivity contribution in [2.45, 2.75) is 39.1 Å². The molecule has 186 valence electrons. The van der Waals surface area contributed by atoms with E-state index < -0.39 is 29.2 Å². The number of benzene rings is 1. The SMILES string of the molecule is CC(C)(C)OC(=O)N1CC(=O)C(C(=S)Nc2ccccc2)=C(NCc2ccncc2C(F)(F)F)C1. The van der Waals surface area contributed by atoms with Gasteiger partial charge in [-0.2, -0.15) is 13.2 Å². The highest BCUT2D eigenvalue weighted by atomic mass is 32.1. The molecule has 1 aliphatic rings. The number of ether oxygens (including phenoxy) is 1. The summed E-state index contributed by atoms with van der Waals surface area (Å²) in [6, 6.07) is 10.1. The average Bonchev–Trinajstić information content (AvgIpc) is 2.76. The van der Waals surface area contributed by atoms with Gasteiger partial charge in [-0.3, -0.25) is 14.7 Å². The van der Waals surface area contributed by atoms with Gasteiger partial charge in [0.1, 0.15) is 10.6 Å². The van der Waals surface area contributed by atoms with Crippen molar-refractivity contribution in [3.8, 4) is 0 Å². The highest BCUT2D eigenvalue weighted by molar-refractivity contribution is 7.81. The van der Waals surface area contributed by atoms with Crippen LogP contribution in [0.25, 0.3) is 0 Å². The summed E-state index contributed by atoms with van der Waals surface area (Å²) in [5, 5.41) is 5.88. The number of carbonyl (C=O) groups excluding carboxylic acids is 2. The number of halogens is 3. The molecule has 0 saturated heterocycles. The molecule has 0 fully saturated rings. The summed E-state index contributed by atoms with van der Waals surface area (Å²) in [6.45, 7) is 4.43. The lowest BCUT2D eigenvalue weighted by molar-refractivity contribution is -0.138. The maximum atomic E-state index is 13.4. The van der Waals surface area contributed by atoms with Crippen LogP contribution < -0.4 is 10.6 Å². The van der Waals surface area contributed by atoms with Crippen LogP contribution in [0.15, 0.2) is 60.1 Å². The van der Waals surface area contributed by atoms with Crippen molar-refractivity contribution in [3.63, 3.8) is 0 Å². The van der Waals surface area contributed by atoms with E-state index >= 15 is 0 Å². The number of alkyl halides is 3. The smallest absolute Gasteiger partial charge is 0.418 e. The Bertz CT molecular complexity index is 1140. The van der Waals surface area contributed by atoms with Crippen molar-refractivity contribution in [1.82, 2.24) is 15.2 Å². The van der Waals surface area contributed by atoms with Crippen LogP contribution in [-0.4, -0.2) is 45.4 Å². The summed E-state index contributed by atoms with van der Waals surface area (Å²) in [4.78, 5) is 30.6. The molecule has 7 nitrogen and oxygen atoms in total. The van der Waals surface area contributed by atoms with E-state index in [-0.39, 0.29) is 41.5 Å². The Kier molecular flexibility index (Phi) is 7.79. The van der Waals surface area contributed by atoms with E-state index in [0.29, 0.717) is 5.69 Å². The quantitative estimate of drug-likeness (QED) is 0.569. The van der Waals surface area contributed by atoms with Gasteiger partial charge in [0.15, 0.2) is 5.78 Å². The molecule has 1 aromatic heterocycles. The number of pyridine rings is 1. The maximum absolute atomic E-state index is 13.4. The Labute approximate surface area is 206 Å². The molecule has 0 spiro atoms. The molecule has 2 heterocycles. The lowest BCUT2D eigenvalue weighted by Gasteiger charge is -2.32. The van der Waals surface area contributed by atoms with Crippen molar-refractivity contribution >= 4 is 34.8 Å². The van der Waals surface area contributed by atoms with Crippen molar-refractivity contribution in [3.05, 3.63) is 71.2 Å². The van der Waals surface area contributed by atoms with Gasteiger partial charge in [-0.25, -0.2) is 4.79 Å². The Morgan fingerprint density at radius 3 is 2.46 bits per heavy atom. The van der Waals surface area contributed by atoms with Gasteiger partial charge in [0.05, 0.1) is 24.2 Å². The van der Waals surface area contributed by atoms with Gasteiger partial charge < -0.3 is 15.4 Å². The minimum atomic E-state index is -4.60. The van der Waals surface area contributed by atoms with Crippen LogP contribution in [0.5, 0.6) is 0 Å². The Morgan fingerprint density at radius 1 is 1.14 bits per heavy atom. The topological polar surface area (TPSA) is 83.6 Å². The average molecular weight is 507 g/mol. The second kappa shape index (κ2) is 10.4. The van der Waals surface area contributed by atoms with E-state index in [0.717, 1.165) is 6.20 Å². The first-order valence-corrected chi connectivity index (χ1v) is 11.1. The van der Waals surface area contributed by atoms with Crippen molar-refractivity contribution in [2.24, 2.45) is 0 Å². The molecule has 1 amide bonds. The molecule has 0 bridgehead atoms. The summed E-state index contributed by atoms with van der Waals surface area (Å²) in [5.41, 5.74) is -0.800. The lowest BCUT2D eigenvalue weighted by atomic mass is 10.0. The van der Waals surface area contributed by atoms with Gasteiger partial charge in [0, 0.05) is 30.3 Å². The fourth-order valence-electron chi connectivity index (χ4n) is 3.36. The number of aromatic nitrogens is 1. The van der Waals surface area contributed by atoms with E-state index in [2.05, 4.69) is 15.6 Å². The van der Waals surface area contributed by atoms with Crippen LogP contribution in [0.2, 0.25) is 0 Å². The number of Topliss-reactive ketones (excluding diaryl/α,β-unsaturated/α-hetero) is 1. The second-order valence-electron chi connectivity index (χ2n) is 8.82. The van der Waals surface area contributed by atoms with Crippen LogP contribution in [0.3, 0.4) is 0 Å². The number of thiocarbonyl (C=S) groups is 1. The predicted octanol–water partition coefficient (Wildman–Crippen LogP) is 4.70. The number of para-hydroxylation sites is 1. The number of carbonyl (C=O) groups is 2. The number of rotatable bonds is 5. The van der Waals surface area contributed by atoms with Gasteiger partial charge >= 0.3 is 12.3 Å². The van der Waals surface area contributed by atoms with Crippen molar-refractivity contribution in [1.29, 1.82) is 0 Å². The fourth-order valence-corrected chi connectivity index (χ4v) is 3.71. The first-order chi connectivity index (χ1) is 16.3. The van der Waals surface area contributed by atoms with E-state index in [1.54, 1.807) is 45.0 Å². The van der Waals surface area contributed by atoms with Crippen LogP contribution in [0, 0.1) is 0 Å². The first-order valence-electron chi connectivity index (χ1n) is 10.7. The number of hydrogen-bond donors (Lipinski definition) is 2. The third kappa shape index (κ3) is 7.01. The highest BCUT2D eigenvalue weighted by Crippen LogP contribution is 2.31. The molecule has 0 unspecified atom stereocenters. The molecule has 3 rings (SSSR count). The molecule has 1 aromatic carbocycles. The zero-order valence-corrected chi connectivity index (χ0v) is 20.2. The molecule has 0 radical (unpaired) electrons. The van der Waals surface area contributed by atoms with Gasteiger partial charge in [-0.15, -0.1) is 0 Å². The molecular formula is C24H25F3N4O3S. The van der Waals surface area contributed by atoms with E-state index in [4.69, 9.17) is 17.0 Å². The first kappa shape index (κ1) is 26.1. The second-order valence-corrected chi connectivity index (χ2v) is 9.23. The largest absolute Gasteiger partial charge is 0.444 e. The van der Waals surface area contributed by atoms with E-state index in [1.165, 1.54) is 17.2 Å². The Morgan fingerprint density at radius 2 is 1.83 bits per heavy atom. The predicted molar refractivity (Wildman–Crippen MR) is 129 cm³/mol. The number of nitrogens with zero attached hydrogens (tertiary/aromatic N) is 2. The molecular weight excluding hydrogens is 481 g/mol. The minimum Gasteiger partial charge on any atom is -0.444 e. The Hall–Kier alpha value is -3.47. The molecule has 0 atom stereocenters. The van der Waals surface area contributed by atoms with Gasteiger partial charge in [0.2, 0.25) is 0 Å². The maximum Gasteiger partial charge on any atom is 0.418 e. The number of anilines is 1. The number of amides is 1. The summed E-state index contributed by atoms with van der Waals surface area (Å²) >= 11 is 5.46. The van der Waals surface area contributed by atoms with Crippen LogP contribution in [0.4, 0.5) is 23.7 Å². The van der Waals surface area contributed by atoms with E-state index in [9.17, 15) is 22.8 Å².